The van der Waals surface area contributed by atoms with Gasteiger partial charge in [0, 0.05) is 25.6 Å². The molecule has 0 saturated heterocycles. The second-order valence-corrected chi connectivity index (χ2v) is 2.56. The molecule has 0 aliphatic carbocycles. The van der Waals surface area contributed by atoms with Crippen molar-refractivity contribution in [3.63, 3.8) is 0 Å². The van der Waals surface area contributed by atoms with E-state index in [0.717, 1.165) is 0 Å². The molecule has 0 saturated carbocycles. The molecule has 1 rings (SSSR count). The Labute approximate surface area is 65.5 Å². The van der Waals surface area contributed by atoms with Gasteiger partial charge in [0.25, 0.3) is 0 Å². The number of aliphatic hydroxyl groups is 2. The Morgan fingerprint density at radius 3 is 2.64 bits per heavy atom. The van der Waals surface area contributed by atoms with Gasteiger partial charge in [-0.1, -0.05) is 0 Å². The molecule has 4 heteroatoms. The van der Waals surface area contributed by atoms with Gasteiger partial charge in [-0.05, 0) is 0 Å². The van der Waals surface area contributed by atoms with Crippen molar-refractivity contribution in [2.75, 3.05) is 26.4 Å². The summed E-state index contributed by atoms with van der Waals surface area (Å²) in [5, 5.41) is 17.4. The summed E-state index contributed by atoms with van der Waals surface area (Å²) in [6.07, 6.45) is 0.549. The van der Waals surface area contributed by atoms with Crippen molar-refractivity contribution in [2.45, 2.75) is 6.42 Å². The maximum absolute atomic E-state index is 8.72. The molecule has 0 aromatic heterocycles. The Bertz CT molecular complexity index is 143. The van der Waals surface area contributed by atoms with Crippen LogP contribution >= 0.6 is 0 Å². The molecule has 4 nitrogen and oxygen atoms in total. The molecule has 0 unspecified atom stereocenters. The summed E-state index contributed by atoms with van der Waals surface area (Å²) in [7, 11) is 0. The molecular weight excluding hydrogens is 146 g/mol. The van der Waals surface area contributed by atoms with Crippen LogP contribution in [0.15, 0.2) is 4.99 Å². The van der Waals surface area contributed by atoms with Gasteiger partial charge in [0.15, 0.2) is 5.90 Å². The van der Waals surface area contributed by atoms with Gasteiger partial charge in [0.1, 0.15) is 6.61 Å². The lowest BCUT2D eigenvalue weighted by molar-refractivity contribution is 0.149. The molecule has 1 heterocycles. The average Bonchev–Trinajstić information content (AvgIpc) is 2.52. The number of hydrogen-bond acceptors (Lipinski definition) is 4. The van der Waals surface area contributed by atoms with Gasteiger partial charge in [0.2, 0.25) is 0 Å². The largest absolute Gasteiger partial charge is 0.479 e. The Balaban J connectivity index is 2.27. The van der Waals surface area contributed by atoms with E-state index >= 15 is 0 Å². The highest BCUT2D eigenvalue weighted by molar-refractivity contribution is 5.77. The summed E-state index contributed by atoms with van der Waals surface area (Å²) in [4.78, 5) is 4.04. The van der Waals surface area contributed by atoms with E-state index in [4.69, 9.17) is 14.9 Å². The fourth-order valence-corrected chi connectivity index (χ4v) is 0.937. The highest BCUT2D eigenvalue weighted by atomic mass is 16.5. The zero-order valence-corrected chi connectivity index (χ0v) is 6.36. The number of ether oxygens (including phenoxy) is 1. The number of rotatable bonds is 4. The maximum Gasteiger partial charge on any atom is 0.183 e. The Kier molecular flexibility index (Phi) is 3.32. The van der Waals surface area contributed by atoms with Crippen molar-refractivity contribution in [2.24, 2.45) is 10.9 Å². The van der Waals surface area contributed by atoms with Crippen LogP contribution in [-0.2, 0) is 4.74 Å². The summed E-state index contributed by atoms with van der Waals surface area (Å²) >= 11 is 0. The molecule has 0 spiro atoms. The van der Waals surface area contributed by atoms with Crippen molar-refractivity contribution in [1.29, 1.82) is 0 Å². The van der Waals surface area contributed by atoms with Gasteiger partial charge in [-0.25, -0.2) is 0 Å². The van der Waals surface area contributed by atoms with E-state index in [-0.39, 0.29) is 19.1 Å². The topological polar surface area (TPSA) is 62.0 Å². The van der Waals surface area contributed by atoms with E-state index in [2.05, 4.69) is 4.99 Å². The van der Waals surface area contributed by atoms with Crippen molar-refractivity contribution < 1.29 is 14.9 Å². The monoisotopic (exact) mass is 159 g/mol. The molecule has 11 heavy (non-hydrogen) atoms. The zero-order chi connectivity index (χ0) is 8.10. The Morgan fingerprint density at radius 1 is 1.45 bits per heavy atom. The van der Waals surface area contributed by atoms with Crippen LogP contribution in [0.5, 0.6) is 0 Å². The third kappa shape index (κ3) is 2.48. The van der Waals surface area contributed by atoms with Crippen LogP contribution in [0.2, 0.25) is 0 Å². The molecule has 0 fully saturated rings. The quantitative estimate of drug-likeness (QED) is 0.576. The SMILES string of the molecule is OCC(CO)CC1=NCCO1. The number of aliphatic imine (C=N–C) groups is 1. The summed E-state index contributed by atoms with van der Waals surface area (Å²) < 4.78 is 5.11. The molecular formula is C7H13NO3. The van der Waals surface area contributed by atoms with Crippen molar-refractivity contribution >= 4 is 5.90 Å². The van der Waals surface area contributed by atoms with Crippen LogP contribution in [0.3, 0.4) is 0 Å². The molecule has 1 aliphatic rings. The van der Waals surface area contributed by atoms with Crippen LogP contribution in [-0.4, -0.2) is 42.5 Å². The van der Waals surface area contributed by atoms with E-state index in [1.54, 1.807) is 0 Å². The van der Waals surface area contributed by atoms with Gasteiger partial charge in [-0.3, -0.25) is 4.99 Å². The molecule has 0 amide bonds. The van der Waals surface area contributed by atoms with Crippen LogP contribution < -0.4 is 0 Å². The molecule has 0 bridgehead atoms. The second kappa shape index (κ2) is 4.31. The van der Waals surface area contributed by atoms with E-state index < -0.39 is 0 Å². The van der Waals surface area contributed by atoms with Gasteiger partial charge in [-0.15, -0.1) is 0 Å². The first-order chi connectivity index (χ1) is 5.36. The van der Waals surface area contributed by atoms with Crippen LogP contribution in [0.1, 0.15) is 6.42 Å². The number of nitrogens with zero attached hydrogens (tertiary/aromatic N) is 1. The van der Waals surface area contributed by atoms with Crippen LogP contribution in [0.4, 0.5) is 0 Å². The van der Waals surface area contributed by atoms with Crippen molar-refractivity contribution in [3.05, 3.63) is 0 Å². The second-order valence-electron chi connectivity index (χ2n) is 2.56. The standard InChI is InChI=1S/C7H13NO3/c9-4-6(5-10)3-7-8-1-2-11-7/h6,9-10H,1-5H2. The van der Waals surface area contributed by atoms with E-state index in [1.807, 2.05) is 0 Å². The van der Waals surface area contributed by atoms with Crippen LogP contribution in [0.25, 0.3) is 0 Å². The summed E-state index contributed by atoms with van der Waals surface area (Å²) in [5.41, 5.74) is 0. The van der Waals surface area contributed by atoms with Gasteiger partial charge < -0.3 is 14.9 Å². The minimum atomic E-state index is -0.119. The summed E-state index contributed by atoms with van der Waals surface area (Å²) in [5.74, 6) is 0.546. The third-order valence-corrected chi connectivity index (χ3v) is 1.63. The summed E-state index contributed by atoms with van der Waals surface area (Å²) in [6.45, 7) is 1.32. The normalized spacial score (nSPS) is 16.8. The molecule has 64 valence electrons. The van der Waals surface area contributed by atoms with E-state index in [1.165, 1.54) is 0 Å². The Morgan fingerprint density at radius 2 is 2.18 bits per heavy atom. The van der Waals surface area contributed by atoms with Gasteiger partial charge in [-0.2, -0.15) is 0 Å². The predicted octanol–water partition coefficient (Wildman–Crippen LogP) is -0.594. The lowest BCUT2D eigenvalue weighted by Gasteiger charge is -2.09. The lowest BCUT2D eigenvalue weighted by atomic mass is 10.1. The lowest BCUT2D eigenvalue weighted by Crippen LogP contribution is -2.16. The van der Waals surface area contributed by atoms with Gasteiger partial charge >= 0.3 is 0 Å². The number of aliphatic hydroxyl groups excluding tert-OH is 2. The number of hydrogen-bond donors (Lipinski definition) is 2. The fraction of sp³-hybridized carbons (Fsp3) is 0.857. The Hall–Kier alpha value is -0.610. The highest BCUT2D eigenvalue weighted by Crippen LogP contribution is 2.07. The molecule has 0 radical (unpaired) electrons. The average molecular weight is 159 g/mol. The first-order valence-electron chi connectivity index (χ1n) is 3.74. The third-order valence-electron chi connectivity index (χ3n) is 1.63. The van der Waals surface area contributed by atoms with Crippen molar-refractivity contribution in [3.8, 4) is 0 Å². The minimum absolute atomic E-state index is 0.0150. The van der Waals surface area contributed by atoms with Crippen LogP contribution in [0, 0.1) is 5.92 Å². The molecule has 0 atom stereocenters. The smallest absolute Gasteiger partial charge is 0.183 e. The molecule has 0 aromatic rings. The minimum Gasteiger partial charge on any atom is -0.479 e. The summed E-state index contributed by atoms with van der Waals surface area (Å²) in [6, 6.07) is 0. The van der Waals surface area contributed by atoms with Crippen molar-refractivity contribution in [1.82, 2.24) is 0 Å². The first kappa shape index (κ1) is 8.49. The fourth-order valence-electron chi connectivity index (χ4n) is 0.937. The molecule has 1 aliphatic heterocycles. The predicted molar refractivity (Wildman–Crippen MR) is 40.5 cm³/mol. The maximum atomic E-state index is 8.72. The highest BCUT2D eigenvalue weighted by Gasteiger charge is 2.13. The first-order valence-corrected chi connectivity index (χ1v) is 3.74. The zero-order valence-electron chi connectivity index (χ0n) is 6.36. The molecule has 2 N–H and O–H groups in total. The van der Waals surface area contributed by atoms with Gasteiger partial charge in [0.05, 0.1) is 6.54 Å². The van der Waals surface area contributed by atoms with E-state index in [9.17, 15) is 0 Å². The van der Waals surface area contributed by atoms with E-state index in [0.29, 0.717) is 25.5 Å². The molecule has 0 aromatic carbocycles.